The first-order chi connectivity index (χ1) is 21.6. The van der Waals surface area contributed by atoms with Crippen molar-refractivity contribution in [1.82, 2.24) is 0 Å². The van der Waals surface area contributed by atoms with E-state index in [2.05, 4.69) is 35.4 Å². The van der Waals surface area contributed by atoms with Crippen LogP contribution in [-0.4, -0.2) is 36.7 Å². The molecule has 0 aromatic rings. The van der Waals surface area contributed by atoms with Gasteiger partial charge in [-0.05, 0) is 38.5 Å². The molecule has 0 aliphatic rings. The molecule has 0 aliphatic heterocycles. The fourth-order valence-electron chi connectivity index (χ4n) is 5.84. The quantitative estimate of drug-likeness (QED) is 0.0384. The number of unbranched alkanes of at least 4 members (excludes halogenated alkanes) is 20. The number of esters is 2. The third-order valence-corrected chi connectivity index (χ3v) is 12.4. The Kier molecular flexibility index (Phi) is 35.2. The summed E-state index contributed by atoms with van der Waals surface area (Å²) < 4.78 is 9.56. The van der Waals surface area contributed by atoms with Gasteiger partial charge in [0.2, 0.25) is 0 Å². The molecule has 0 fully saturated rings. The predicted molar refractivity (Wildman–Crippen MR) is 197 cm³/mol. The van der Waals surface area contributed by atoms with Gasteiger partial charge in [-0.2, -0.15) is 0 Å². The summed E-state index contributed by atoms with van der Waals surface area (Å²) in [4.78, 5) is 22.7. The molecule has 0 radical (unpaired) electrons. The van der Waals surface area contributed by atoms with Gasteiger partial charge < -0.3 is 9.47 Å². The molecule has 6 heteroatoms. The smallest absolute Gasteiger partial charge is 0.305 e. The monoisotopic (exact) mass is 659 g/mol. The fourth-order valence-corrected chi connectivity index (χ4v) is 9.31. The highest BCUT2D eigenvalue weighted by Crippen LogP contribution is 2.40. The van der Waals surface area contributed by atoms with Crippen molar-refractivity contribution in [3.05, 3.63) is 0 Å². The van der Waals surface area contributed by atoms with Gasteiger partial charge in [-0.3, -0.25) is 9.59 Å². The standard InChI is InChI=1S/C38H74O4S2/c1-5-7-9-11-13-17-23-29-35(31-25-19-15-21-27-33-37(39)41-3)43-44-36(30-24-18-14-12-10-8-6-2)32-26-20-16-22-28-34-38(40)42-4/h35-36H,5-34H2,1-4H3. The average molecular weight is 659 g/mol. The van der Waals surface area contributed by atoms with Crippen LogP contribution in [0.4, 0.5) is 0 Å². The minimum atomic E-state index is -0.0715. The van der Waals surface area contributed by atoms with Gasteiger partial charge in [0.1, 0.15) is 0 Å². The molecule has 262 valence electrons. The van der Waals surface area contributed by atoms with E-state index in [0.717, 1.165) is 36.2 Å². The zero-order valence-corrected chi connectivity index (χ0v) is 31.5. The second-order valence-corrected chi connectivity index (χ2v) is 15.9. The molecule has 0 N–H and O–H groups in total. The van der Waals surface area contributed by atoms with Crippen LogP contribution in [0.25, 0.3) is 0 Å². The first kappa shape index (κ1) is 43.6. The van der Waals surface area contributed by atoms with Crippen molar-refractivity contribution in [1.29, 1.82) is 0 Å². The van der Waals surface area contributed by atoms with Gasteiger partial charge in [0.15, 0.2) is 0 Å². The molecule has 0 heterocycles. The summed E-state index contributed by atoms with van der Waals surface area (Å²) in [7, 11) is 7.44. The zero-order valence-electron chi connectivity index (χ0n) is 29.8. The van der Waals surface area contributed by atoms with Crippen molar-refractivity contribution in [3.8, 4) is 0 Å². The molecule has 0 spiro atoms. The van der Waals surface area contributed by atoms with Crippen LogP contribution in [0, 0.1) is 0 Å². The second kappa shape index (κ2) is 35.5. The normalized spacial score (nSPS) is 12.7. The lowest BCUT2D eigenvalue weighted by Crippen LogP contribution is -2.06. The van der Waals surface area contributed by atoms with Crippen molar-refractivity contribution in [3.63, 3.8) is 0 Å². The topological polar surface area (TPSA) is 52.6 Å². The van der Waals surface area contributed by atoms with Crippen molar-refractivity contribution >= 4 is 33.5 Å². The number of rotatable bonds is 35. The van der Waals surface area contributed by atoms with E-state index in [9.17, 15) is 9.59 Å². The number of ether oxygens (including phenoxy) is 2. The van der Waals surface area contributed by atoms with Gasteiger partial charge in [0.25, 0.3) is 0 Å². The van der Waals surface area contributed by atoms with E-state index < -0.39 is 0 Å². The molecule has 0 saturated heterocycles. The van der Waals surface area contributed by atoms with Gasteiger partial charge in [0.05, 0.1) is 14.2 Å². The first-order valence-electron chi connectivity index (χ1n) is 19.0. The summed E-state index contributed by atoms with van der Waals surface area (Å²) in [6.07, 6.45) is 37.9. The van der Waals surface area contributed by atoms with Crippen molar-refractivity contribution in [2.75, 3.05) is 14.2 Å². The van der Waals surface area contributed by atoms with E-state index >= 15 is 0 Å². The Balaban J connectivity index is 4.67. The Bertz CT molecular complexity index is 564. The fraction of sp³-hybridized carbons (Fsp3) is 0.947. The van der Waals surface area contributed by atoms with E-state index in [1.54, 1.807) is 0 Å². The van der Waals surface area contributed by atoms with Crippen LogP contribution >= 0.6 is 21.6 Å². The molecule has 4 nitrogen and oxygen atoms in total. The van der Waals surface area contributed by atoms with E-state index in [1.165, 1.54) is 168 Å². The van der Waals surface area contributed by atoms with E-state index in [1.807, 2.05) is 0 Å². The largest absolute Gasteiger partial charge is 0.469 e. The number of carbonyl (C=O) groups excluding carboxylic acids is 2. The van der Waals surface area contributed by atoms with Crippen LogP contribution in [0.5, 0.6) is 0 Å². The van der Waals surface area contributed by atoms with Crippen molar-refractivity contribution < 1.29 is 19.1 Å². The molecule has 2 unspecified atom stereocenters. The van der Waals surface area contributed by atoms with Gasteiger partial charge in [-0.1, -0.05) is 177 Å². The Morgan fingerprint density at radius 3 is 0.932 bits per heavy atom. The molecule has 0 aromatic carbocycles. The van der Waals surface area contributed by atoms with Gasteiger partial charge in [0, 0.05) is 23.3 Å². The van der Waals surface area contributed by atoms with Gasteiger partial charge in [-0.15, -0.1) is 0 Å². The lowest BCUT2D eigenvalue weighted by atomic mass is 10.0. The molecule has 0 saturated carbocycles. The summed E-state index contributed by atoms with van der Waals surface area (Å²) in [5.41, 5.74) is 0. The number of methoxy groups -OCH3 is 2. The minimum absolute atomic E-state index is 0.0715. The van der Waals surface area contributed by atoms with Crippen molar-refractivity contribution in [2.24, 2.45) is 0 Å². The third-order valence-electron chi connectivity index (χ3n) is 8.86. The van der Waals surface area contributed by atoms with Gasteiger partial charge in [-0.25, -0.2) is 0 Å². The molecular weight excluding hydrogens is 585 g/mol. The van der Waals surface area contributed by atoms with Gasteiger partial charge >= 0.3 is 11.9 Å². The highest BCUT2D eigenvalue weighted by molar-refractivity contribution is 8.77. The lowest BCUT2D eigenvalue weighted by Gasteiger charge is -2.21. The molecule has 0 aliphatic carbocycles. The summed E-state index contributed by atoms with van der Waals surface area (Å²) >= 11 is 0. The Morgan fingerprint density at radius 1 is 0.409 bits per heavy atom. The van der Waals surface area contributed by atoms with Crippen LogP contribution in [0.1, 0.15) is 206 Å². The molecule has 0 rings (SSSR count). The highest BCUT2D eigenvalue weighted by Gasteiger charge is 2.16. The Morgan fingerprint density at radius 2 is 0.659 bits per heavy atom. The summed E-state index contributed by atoms with van der Waals surface area (Å²) in [5.74, 6) is -0.143. The van der Waals surface area contributed by atoms with Crippen molar-refractivity contribution in [2.45, 2.75) is 217 Å². The predicted octanol–water partition coefficient (Wildman–Crippen LogP) is 13.2. The second-order valence-electron chi connectivity index (χ2n) is 13.0. The van der Waals surface area contributed by atoms with E-state index in [-0.39, 0.29) is 11.9 Å². The summed E-state index contributed by atoms with van der Waals surface area (Å²) in [6.45, 7) is 4.60. The first-order valence-corrected chi connectivity index (χ1v) is 21.3. The maximum atomic E-state index is 11.4. The average Bonchev–Trinajstić information content (AvgIpc) is 3.03. The molecule has 44 heavy (non-hydrogen) atoms. The van der Waals surface area contributed by atoms with Crippen LogP contribution in [0.15, 0.2) is 0 Å². The number of hydrogen-bond acceptors (Lipinski definition) is 6. The van der Waals surface area contributed by atoms with Crippen LogP contribution in [0.3, 0.4) is 0 Å². The van der Waals surface area contributed by atoms with Crippen LogP contribution in [-0.2, 0) is 19.1 Å². The molecule has 0 aromatic heterocycles. The maximum Gasteiger partial charge on any atom is 0.305 e. The lowest BCUT2D eigenvalue weighted by molar-refractivity contribution is -0.141. The summed E-state index contributed by atoms with van der Waals surface area (Å²) in [6, 6.07) is 0. The SMILES string of the molecule is CCCCCCCCCC(CCCCCCCC(=O)OC)SSC(CCCCCCCCC)CCCCCCCC(=O)OC. The van der Waals surface area contributed by atoms with Crippen LogP contribution in [0.2, 0.25) is 0 Å². The molecule has 2 atom stereocenters. The number of hydrogen-bond donors (Lipinski definition) is 0. The molecular formula is C38H74O4S2. The minimum Gasteiger partial charge on any atom is -0.469 e. The Hall–Kier alpha value is -0.360. The Labute approximate surface area is 282 Å². The highest BCUT2D eigenvalue weighted by atomic mass is 33.1. The maximum absolute atomic E-state index is 11.4. The molecule has 0 amide bonds. The number of carbonyl (C=O) groups is 2. The van der Waals surface area contributed by atoms with Crippen LogP contribution < -0.4 is 0 Å². The zero-order chi connectivity index (χ0) is 32.4. The summed E-state index contributed by atoms with van der Waals surface area (Å²) in [5, 5.41) is 1.56. The van der Waals surface area contributed by atoms with E-state index in [0.29, 0.717) is 12.8 Å². The third kappa shape index (κ3) is 31.6. The van der Waals surface area contributed by atoms with E-state index in [4.69, 9.17) is 9.47 Å². The molecule has 0 bridgehead atoms.